The van der Waals surface area contributed by atoms with Crippen LogP contribution < -0.4 is 11.1 Å². The maximum Gasteiger partial charge on any atom is 0.149 e. The molecule has 1 rings (SSSR count). The first-order valence-electron chi connectivity index (χ1n) is 6.28. The van der Waals surface area contributed by atoms with E-state index in [1.807, 2.05) is 19.1 Å². The van der Waals surface area contributed by atoms with Crippen molar-refractivity contribution in [2.75, 3.05) is 30.8 Å². The lowest BCUT2D eigenvalue weighted by Gasteiger charge is -2.09. The standard InChI is InChI=1S/C13H23N3O/c1-3-4-9-17-10-5-8-15-13-12(14)7-6-11(2)16-13/h6-7H,3-5,8-10,14H2,1-2H3,(H,15,16). The predicted molar refractivity (Wildman–Crippen MR) is 72.2 cm³/mol. The topological polar surface area (TPSA) is 60.2 Å². The fourth-order valence-corrected chi connectivity index (χ4v) is 1.44. The summed E-state index contributed by atoms with van der Waals surface area (Å²) in [7, 11) is 0. The molecule has 0 radical (unpaired) electrons. The van der Waals surface area contributed by atoms with Crippen molar-refractivity contribution in [3.05, 3.63) is 17.8 Å². The highest BCUT2D eigenvalue weighted by molar-refractivity contribution is 5.61. The molecule has 0 saturated carbocycles. The highest BCUT2D eigenvalue weighted by Crippen LogP contribution is 2.14. The third-order valence-corrected chi connectivity index (χ3v) is 2.47. The van der Waals surface area contributed by atoms with E-state index >= 15 is 0 Å². The van der Waals surface area contributed by atoms with Gasteiger partial charge in [-0.15, -0.1) is 0 Å². The second kappa shape index (κ2) is 7.90. The molecule has 4 nitrogen and oxygen atoms in total. The zero-order chi connectivity index (χ0) is 12.5. The SMILES string of the molecule is CCCCOCCCNc1nc(C)ccc1N. The number of nitrogens with zero attached hydrogens (tertiary/aromatic N) is 1. The number of pyridine rings is 1. The fraction of sp³-hybridized carbons (Fsp3) is 0.615. The molecular formula is C13H23N3O. The van der Waals surface area contributed by atoms with Crippen molar-refractivity contribution in [2.45, 2.75) is 33.1 Å². The number of rotatable bonds is 8. The highest BCUT2D eigenvalue weighted by Gasteiger charge is 1.99. The van der Waals surface area contributed by atoms with Crippen molar-refractivity contribution in [1.29, 1.82) is 0 Å². The lowest BCUT2D eigenvalue weighted by atomic mass is 10.3. The molecule has 0 aliphatic carbocycles. The van der Waals surface area contributed by atoms with Crippen LogP contribution in [0.1, 0.15) is 31.9 Å². The number of nitrogens with one attached hydrogen (secondary N) is 1. The molecule has 0 unspecified atom stereocenters. The Morgan fingerprint density at radius 1 is 1.29 bits per heavy atom. The Hall–Kier alpha value is -1.29. The van der Waals surface area contributed by atoms with Crippen LogP contribution in [0.25, 0.3) is 0 Å². The molecular weight excluding hydrogens is 214 g/mol. The molecule has 0 aliphatic rings. The predicted octanol–water partition coefficient (Wildman–Crippen LogP) is 2.59. The maximum atomic E-state index is 5.81. The first-order chi connectivity index (χ1) is 8.24. The molecule has 1 aromatic rings. The minimum atomic E-state index is 0.697. The number of unbranched alkanes of at least 4 members (excludes halogenated alkanes) is 1. The summed E-state index contributed by atoms with van der Waals surface area (Å²) in [6.07, 6.45) is 3.29. The number of hydrogen-bond donors (Lipinski definition) is 2. The van der Waals surface area contributed by atoms with Gasteiger partial charge in [0.2, 0.25) is 0 Å². The van der Waals surface area contributed by atoms with E-state index in [0.29, 0.717) is 5.69 Å². The first kappa shape index (κ1) is 13.8. The van der Waals surface area contributed by atoms with E-state index in [1.165, 1.54) is 6.42 Å². The van der Waals surface area contributed by atoms with Crippen LogP contribution in [0.4, 0.5) is 11.5 Å². The van der Waals surface area contributed by atoms with Crippen LogP contribution in [0.15, 0.2) is 12.1 Å². The Morgan fingerprint density at radius 2 is 2.06 bits per heavy atom. The van der Waals surface area contributed by atoms with E-state index in [-0.39, 0.29) is 0 Å². The Morgan fingerprint density at radius 3 is 2.82 bits per heavy atom. The van der Waals surface area contributed by atoms with Gasteiger partial charge in [-0.05, 0) is 31.9 Å². The summed E-state index contributed by atoms with van der Waals surface area (Å²) < 4.78 is 5.47. The summed E-state index contributed by atoms with van der Waals surface area (Å²) >= 11 is 0. The molecule has 4 heteroatoms. The number of aromatic nitrogens is 1. The summed E-state index contributed by atoms with van der Waals surface area (Å²) in [6, 6.07) is 3.79. The smallest absolute Gasteiger partial charge is 0.149 e. The summed E-state index contributed by atoms with van der Waals surface area (Å²) in [4.78, 5) is 4.34. The fourth-order valence-electron chi connectivity index (χ4n) is 1.44. The monoisotopic (exact) mass is 237 g/mol. The van der Waals surface area contributed by atoms with Gasteiger partial charge in [0.25, 0.3) is 0 Å². The Balaban J connectivity index is 2.15. The summed E-state index contributed by atoms with van der Waals surface area (Å²) in [5.74, 6) is 0.776. The molecule has 0 aromatic carbocycles. The number of aryl methyl sites for hydroxylation is 1. The van der Waals surface area contributed by atoms with Gasteiger partial charge < -0.3 is 15.8 Å². The number of nitrogens with two attached hydrogens (primary N) is 1. The maximum absolute atomic E-state index is 5.81. The van der Waals surface area contributed by atoms with E-state index in [0.717, 1.165) is 44.1 Å². The highest BCUT2D eigenvalue weighted by atomic mass is 16.5. The zero-order valence-electron chi connectivity index (χ0n) is 10.8. The van der Waals surface area contributed by atoms with Gasteiger partial charge in [-0.25, -0.2) is 4.98 Å². The molecule has 3 N–H and O–H groups in total. The quantitative estimate of drug-likeness (QED) is 0.682. The Labute approximate surface area is 104 Å². The first-order valence-corrected chi connectivity index (χ1v) is 6.28. The van der Waals surface area contributed by atoms with Crippen molar-refractivity contribution in [3.63, 3.8) is 0 Å². The average molecular weight is 237 g/mol. The molecule has 96 valence electrons. The number of nitrogen functional groups attached to an aromatic ring is 1. The minimum Gasteiger partial charge on any atom is -0.396 e. The van der Waals surface area contributed by atoms with Crippen LogP contribution in [0.2, 0.25) is 0 Å². The van der Waals surface area contributed by atoms with Gasteiger partial charge in [-0.3, -0.25) is 0 Å². The van der Waals surface area contributed by atoms with Crippen LogP contribution in [0.3, 0.4) is 0 Å². The van der Waals surface area contributed by atoms with Gasteiger partial charge in [-0.2, -0.15) is 0 Å². The van der Waals surface area contributed by atoms with Gasteiger partial charge in [-0.1, -0.05) is 13.3 Å². The molecule has 17 heavy (non-hydrogen) atoms. The second-order valence-electron chi connectivity index (χ2n) is 4.14. The third kappa shape index (κ3) is 5.54. The van der Waals surface area contributed by atoms with Gasteiger partial charge in [0, 0.05) is 25.5 Å². The third-order valence-electron chi connectivity index (χ3n) is 2.47. The number of ether oxygens (including phenoxy) is 1. The van der Waals surface area contributed by atoms with E-state index in [9.17, 15) is 0 Å². The van der Waals surface area contributed by atoms with E-state index in [2.05, 4.69) is 17.2 Å². The lowest BCUT2D eigenvalue weighted by molar-refractivity contribution is 0.131. The minimum absolute atomic E-state index is 0.697. The second-order valence-corrected chi connectivity index (χ2v) is 4.14. The van der Waals surface area contributed by atoms with E-state index in [4.69, 9.17) is 10.5 Å². The van der Waals surface area contributed by atoms with Crippen LogP contribution in [-0.4, -0.2) is 24.7 Å². The van der Waals surface area contributed by atoms with Crippen LogP contribution in [0.5, 0.6) is 0 Å². The lowest BCUT2D eigenvalue weighted by Crippen LogP contribution is -2.09. The normalized spacial score (nSPS) is 10.5. The summed E-state index contributed by atoms with van der Waals surface area (Å²) in [6.45, 7) is 6.61. The number of hydrogen-bond acceptors (Lipinski definition) is 4. The largest absolute Gasteiger partial charge is 0.396 e. The van der Waals surface area contributed by atoms with Gasteiger partial charge in [0.15, 0.2) is 0 Å². The van der Waals surface area contributed by atoms with Crippen molar-refractivity contribution >= 4 is 11.5 Å². The molecule has 0 bridgehead atoms. The Bertz CT molecular complexity index is 328. The molecule has 1 heterocycles. The molecule has 0 amide bonds. The molecule has 0 spiro atoms. The summed E-state index contributed by atoms with van der Waals surface area (Å²) in [5, 5.41) is 3.23. The van der Waals surface area contributed by atoms with Crippen LogP contribution >= 0.6 is 0 Å². The van der Waals surface area contributed by atoms with Gasteiger partial charge in [0.1, 0.15) is 5.82 Å². The summed E-state index contributed by atoms with van der Waals surface area (Å²) in [5.41, 5.74) is 7.48. The van der Waals surface area contributed by atoms with Gasteiger partial charge >= 0.3 is 0 Å². The van der Waals surface area contributed by atoms with Crippen LogP contribution in [0, 0.1) is 6.92 Å². The van der Waals surface area contributed by atoms with E-state index in [1.54, 1.807) is 0 Å². The molecule has 1 aromatic heterocycles. The van der Waals surface area contributed by atoms with Crippen molar-refractivity contribution < 1.29 is 4.74 Å². The van der Waals surface area contributed by atoms with Crippen molar-refractivity contribution in [1.82, 2.24) is 4.98 Å². The molecule has 0 atom stereocenters. The van der Waals surface area contributed by atoms with Crippen molar-refractivity contribution in [3.8, 4) is 0 Å². The Kier molecular flexibility index (Phi) is 6.40. The van der Waals surface area contributed by atoms with E-state index < -0.39 is 0 Å². The van der Waals surface area contributed by atoms with Gasteiger partial charge in [0.05, 0.1) is 5.69 Å². The molecule has 0 aliphatic heterocycles. The molecule has 0 saturated heterocycles. The number of anilines is 2. The zero-order valence-corrected chi connectivity index (χ0v) is 10.8. The molecule has 0 fully saturated rings. The average Bonchev–Trinajstić information content (AvgIpc) is 2.32. The van der Waals surface area contributed by atoms with Crippen molar-refractivity contribution in [2.24, 2.45) is 0 Å². The van der Waals surface area contributed by atoms with Crippen LogP contribution in [-0.2, 0) is 4.74 Å².